The maximum absolute atomic E-state index is 12.2. The van der Waals surface area contributed by atoms with Gasteiger partial charge in [-0.2, -0.15) is 0 Å². The van der Waals surface area contributed by atoms with Crippen molar-refractivity contribution in [1.82, 2.24) is 15.5 Å². The largest absolute Gasteiger partial charge is 0.354 e. The molecule has 4 heteroatoms. The summed E-state index contributed by atoms with van der Waals surface area (Å²) >= 11 is 0. The second kappa shape index (κ2) is 5.36. The zero-order valence-corrected chi connectivity index (χ0v) is 11.1. The van der Waals surface area contributed by atoms with Gasteiger partial charge >= 0.3 is 0 Å². The lowest BCUT2D eigenvalue weighted by Gasteiger charge is -2.40. The van der Waals surface area contributed by atoms with Crippen LogP contribution < -0.4 is 10.6 Å². The molecular formula is C13H25N3O. The molecule has 0 aromatic carbocycles. The number of nitrogens with one attached hydrogen (secondary N) is 2. The Kier molecular flexibility index (Phi) is 4.05. The SMILES string of the molecule is CC(C)(C(=O)NCC1CCC1)N1CCNCC1. The monoisotopic (exact) mass is 239 g/mol. The third-order valence-corrected chi connectivity index (χ3v) is 4.24. The van der Waals surface area contributed by atoms with Gasteiger partial charge in [-0.15, -0.1) is 0 Å². The van der Waals surface area contributed by atoms with E-state index in [-0.39, 0.29) is 11.4 Å². The van der Waals surface area contributed by atoms with Crippen LogP contribution in [0.1, 0.15) is 33.1 Å². The van der Waals surface area contributed by atoms with Crippen LogP contribution in [-0.2, 0) is 4.79 Å². The molecule has 0 aromatic heterocycles. The van der Waals surface area contributed by atoms with Crippen LogP contribution in [0.2, 0.25) is 0 Å². The first-order valence-electron chi connectivity index (χ1n) is 6.85. The number of nitrogens with zero attached hydrogens (tertiary/aromatic N) is 1. The van der Waals surface area contributed by atoms with Gasteiger partial charge in [0.15, 0.2) is 0 Å². The maximum atomic E-state index is 12.2. The Morgan fingerprint density at radius 1 is 1.35 bits per heavy atom. The summed E-state index contributed by atoms with van der Waals surface area (Å²) in [5.41, 5.74) is -0.369. The molecule has 17 heavy (non-hydrogen) atoms. The molecular weight excluding hydrogens is 214 g/mol. The van der Waals surface area contributed by atoms with Crippen LogP contribution in [0.25, 0.3) is 0 Å². The van der Waals surface area contributed by atoms with Crippen LogP contribution in [0.15, 0.2) is 0 Å². The van der Waals surface area contributed by atoms with Gasteiger partial charge in [0.05, 0.1) is 5.54 Å². The Balaban J connectivity index is 1.81. The summed E-state index contributed by atoms with van der Waals surface area (Å²) in [6.45, 7) is 8.84. The summed E-state index contributed by atoms with van der Waals surface area (Å²) in [7, 11) is 0. The number of piperazine rings is 1. The van der Waals surface area contributed by atoms with Crippen molar-refractivity contribution in [2.24, 2.45) is 5.92 Å². The first-order chi connectivity index (χ1) is 8.10. The molecule has 0 radical (unpaired) electrons. The van der Waals surface area contributed by atoms with Crippen molar-refractivity contribution in [3.05, 3.63) is 0 Å². The summed E-state index contributed by atoms with van der Waals surface area (Å²) in [5, 5.41) is 6.44. The van der Waals surface area contributed by atoms with Crippen LogP contribution in [0.5, 0.6) is 0 Å². The van der Waals surface area contributed by atoms with E-state index in [9.17, 15) is 4.79 Å². The van der Waals surface area contributed by atoms with Crippen molar-refractivity contribution in [2.45, 2.75) is 38.6 Å². The molecule has 0 spiro atoms. The van der Waals surface area contributed by atoms with Gasteiger partial charge in [-0.3, -0.25) is 9.69 Å². The molecule has 98 valence electrons. The molecule has 1 heterocycles. The van der Waals surface area contributed by atoms with Crippen molar-refractivity contribution in [1.29, 1.82) is 0 Å². The van der Waals surface area contributed by atoms with Gasteiger partial charge in [-0.25, -0.2) is 0 Å². The van der Waals surface area contributed by atoms with Crippen LogP contribution in [0.3, 0.4) is 0 Å². The molecule has 1 amide bonds. The van der Waals surface area contributed by atoms with Crippen LogP contribution in [0, 0.1) is 5.92 Å². The molecule has 1 saturated carbocycles. The van der Waals surface area contributed by atoms with Crippen molar-refractivity contribution < 1.29 is 4.79 Å². The number of hydrogen-bond acceptors (Lipinski definition) is 3. The second-order valence-corrected chi connectivity index (χ2v) is 5.80. The van der Waals surface area contributed by atoms with E-state index in [0.717, 1.165) is 38.6 Å². The fraction of sp³-hybridized carbons (Fsp3) is 0.923. The zero-order valence-electron chi connectivity index (χ0n) is 11.1. The summed E-state index contributed by atoms with van der Waals surface area (Å²) in [5.74, 6) is 0.920. The van der Waals surface area contributed by atoms with Crippen molar-refractivity contribution in [2.75, 3.05) is 32.7 Å². The Morgan fingerprint density at radius 2 is 2.00 bits per heavy atom. The third-order valence-electron chi connectivity index (χ3n) is 4.24. The lowest BCUT2D eigenvalue weighted by molar-refractivity contribution is -0.132. The van der Waals surface area contributed by atoms with E-state index in [1.54, 1.807) is 0 Å². The van der Waals surface area contributed by atoms with E-state index in [0.29, 0.717) is 0 Å². The van der Waals surface area contributed by atoms with Crippen molar-refractivity contribution in [3.8, 4) is 0 Å². The van der Waals surface area contributed by atoms with Crippen molar-refractivity contribution >= 4 is 5.91 Å². The molecule has 0 aromatic rings. The minimum absolute atomic E-state index is 0.186. The highest BCUT2D eigenvalue weighted by Gasteiger charge is 2.35. The standard InChI is InChI=1S/C13H25N3O/c1-13(2,16-8-6-14-7-9-16)12(17)15-10-11-4-3-5-11/h11,14H,3-10H2,1-2H3,(H,15,17). The summed E-state index contributed by atoms with van der Waals surface area (Å²) < 4.78 is 0. The predicted octanol–water partition coefficient (Wildman–Crippen LogP) is 0.587. The fourth-order valence-electron chi connectivity index (χ4n) is 2.52. The van der Waals surface area contributed by atoms with Gasteiger partial charge in [-0.05, 0) is 32.6 Å². The molecule has 0 bridgehead atoms. The van der Waals surface area contributed by atoms with E-state index < -0.39 is 0 Å². The molecule has 0 unspecified atom stereocenters. The highest BCUT2D eigenvalue weighted by atomic mass is 16.2. The Hall–Kier alpha value is -0.610. The molecule has 1 aliphatic heterocycles. The minimum atomic E-state index is -0.369. The van der Waals surface area contributed by atoms with E-state index in [1.165, 1.54) is 19.3 Å². The number of carbonyl (C=O) groups is 1. The van der Waals surface area contributed by atoms with E-state index in [1.807, 2.05) is 13.8 Å². The third kappa shape index (κ3) is 2.99. The Morgan fingerprint density at radius 3 is 2.53 bits per heavy atom. The second-order valence-electron chi connectivity index (χ2n) is 5.80. The lowest BCUT2D eigenvalue weighted by atomic mass is 9.85. The molecule has 2 fully saturated rings. The Bertz CT molecular complexity index is 268. The predicted molar refractivity (Wildman–Crippen MR) is 68.9 cm³/mol. The highest BCUT2D eigenvalue weighted by molar-refractivity contribution is 5.85. The van der Waals surface area contributed by atoms with Crippen LogP contribution >= 0.6 is 0 Å². The maximum Gasteiger partial charge on any atom is 0.239 e. The van der Waals surface area contributed by atoms with Gasteiger partial charge in [0.25, 0.3) is 0 Å². The first kappa shape index (κ1) is 12.8. The molecule has 2 rings (SSSR count). The number of amides is 1. The van der Waals surface area contributed by atoms with Gasteiger partial charge in [-0.1, -0.05) is 6.42 Å². The summed E-state index contributed by atoms with van der Waals surface area (Å²) in [6.07, 6.45) is 3.91. The van der Waals surface area contributed by atoms with Gasteiger partial charge in [0.2, 0.25) is 5.91 Å². The number of hydrogen-bond donors (Lipinski definition) is 2. The normalized spacial score (nSPS) is 23.2. The van der Waals surface area contributed by atoms with Gasteiger partial charge < -0.3 is 10.6 Å². The number of carbonyl (C=O) groups excluding carboxylic acids is 1. The van der Waals surface area contributed by atoms with Crippen molar-refractivity contribution in [3.63, 3.8) is 0 Å². The molecule has 0 atom stereocenters. The molecule has 1 saturated heterocycles. The van der Waals surface area contributed by atoms with Gasteiger partial charge in [0.1, 0.15) is 0 Å². The van der Waals surface area contributed by atoms with E-state index in [4.69, 9.17) is 0 Å². The van der Waals surface area contributed by atoms with Gasteiger partial charge in [0, 0.05) is 32.7 Å². The number of rotatable bonds is 4. The minimum Gasteiger partial charge on any atom is -0.354 e. The average molecular weight is 239 g/mol. The van der Waals surface area contributed by atoms with Crippen LogP contribution in [-0.4, -0.2) is 49.1 Å². The molecule has 4 nitrogen and oxygen atoms in total. The summed E-state index contributed by atoms with van der Waals surface area (Å²) in [6, 6.07) is 0. The first-order valence-corrected chi connectivity index (χ1v) is 6.85. The zero-order chi connectivity index (χ0) is 12.3. The lowest BCUT2D eigenvalue weighted by Crippen LogP contribution is -2.60. The fourth-order valence-corrected chi connectivity index (χ4v) is 2.52. The molecule has 2 aliphatic rings. The highest BCUT2D eigenvalue weighted by Crippen LogP contribution is 2.25. The average Bonchev–Trinajstić information content (AvgIpc) is 2.28. The molecule has 1 aliphatic carbocycles. The smallest absolute Gasteiger partial charge is 0.239 e. The Labute approximate surface area is 104 Å². The summed E-state index contributed by atoms with van der Waals surface area (Å²) in [4.78, 5) is 14.5. The van der Waals surface area contributed by atoms with Crippen LogP contribution in [0.4, 0.5) is 0 Å². The molecule has 2 N–H and O–H groups in total. The quantitative estimate of drug-likeness (QED) is 0.754. The topological polar surface area (TPSA) is 44.4 Å². The van der Waals surface area contributed by atoms with E-state index >= 15 is 0 Å². The van der Waals surface area contributed by atoms with E-state index in [2.05, 4.69) is 15.5 Å².